The third-order valence-corrected chi connectivity index (χ3v) is 4.44. The Balaban J connectivity index is 3.35. The van der Waals surface area contributed by atoms with Crippen molar-refractivity contribution >= 4 is 38.1 Å². The fourth-order valence-corrected chi connectivity index (χ4v) is 3.03. The first-order valence-corrected chi connectivity index (χ1v) is 5.55. The third kappa shape index (κ3) is 1.57. The molecule has 0 fully saturated rings. The lowest BCUT2D eigenvalue weighted by molar-refractivity contribution is 1.43. The van der Waals surface area contributed by atoms with Crippen molar-refractivity contribution in [1.82, 2.24) is 0 Å². The minimum atomic E-state index is -0.386. The fourth-order valence-electron chi connectivity index (χ4n) is 0.809. The van der Waals surface area contributed by atoms with E-state index >= 15 is 0 Å². The molecule has 0 radical (unpaired) electrons. The van der Waals surface area contributed by atoms with Gasteiger partial charge in [-0.1, -0.05) is 17.1 Å². The standard InChI is InChI=1S/C7H10IN3S/c1-2-12-6(10)4(8)3-5(9)7(12)11/h2-3H,1,9-11H2. The van der Waals surface area contributed by atoms with E-state index in [2.05, 4.69) is 29.2 Å². The number of nitrogens with two attached hydrogens (primary N) is 3. The van der Waals surface area contributed by atoms with Crippen LogP contribution in [0.5, 0.6) is 0 Å². The van der Waals surface area contributed by atoms with E-state index in [1.54, 1.807) is 11.5 Å². The predicted molar refractivity (Wildman–Crippen MR) is 64.5 cm³/mol. The first-order chi connectivity index (χ1) is 5.57. The lowest BCUT2D eigenvalue weighted by Gasteiger charge is -2.16. The topological polar surface area (TPSA) is 78.1 Å². The minimum absolute atomic E-state index is 0.386. The second kappa shape index (κ2) is 3.63. The quantitative estimate of drug-likeness (QED) is 0.497. The van der Waals surface area contributed by atoms with E-state index in [9.17, 15) is 0 Å². The van der Waals surface area contributed by atoms with Crippen LogP contribution in [0.3, 0.4) is 0 Å². The van der Waals surface area contributed by atoms with Crippen molar-refractivity contribution in [3.8, 4) is 0 Å². The van der Waals surface area contributed by atoms with Gasteiger partial charge in [0.1, 0.15) is 0 Å². The van der Waals surface area contributed by atoms with Crippen LogP contribution in [0.25, 0.3) is 0 Å². The molecule has 1 aliphatic heterocycles. The Hall–Kier alpha value is -0.270. The lowest BCUT2D eigenvalue weighted by Crippen LogP contribution is -2.24. The van der Waals surface area contributed by atoms with Crippen LogP contribution >= 0.6 is 33.1 Å². The van der Waals surface area contributed by atoms with Crippen LogP contribution in [-0.2, 0) is 0 Å². The zero-order valence-electron chi connectivity index (χ0n) is 6.38. The van der Waals surface area contributed by atoms with E-state index < -0.39 is 0 Å². The molecule has 0 aromatic rings. The number of rotatable bonds is 1. The highest BCUT2D eigenvalue weighted by Gasteiger charge is 2.12. The smallest absolute Gasteiger partial charge is 0.0791 e. The molecule has 1 aliphatic rings. The summed E-state index contributed by atoms with van der Waals surface area (Å²) in [5.74, 6) is 0. The minimum Gasteiger partial charge on any atom is -0.397 e. The molecule has 1 atom stereocenters. The molecule has 0 aliphatic carbocycles. The summed E-state index contributed by atoms with van der Waals surface area (Å²) in [6.07, 6.45) is 1.78. The molecule has 0 bridgehead atoms. The first-order valence-electron chi connectivity index (χ1n) is 3.18. The molecule has 5 heteroatoms. The van der Waals surface area contributed by atoms with Crippen LogP contribution in [0, 0.1) is 0 Å². The highest BCUT2D eigenvalue weighted by Crippen LogP contribution is 2.33. The molecular weight excluding hydrogens is 285 g/mol. The molecule has 66 valence electrons. The van der Waals surface area contributed by atoms with E-state index in [0.29, 0.717) is 10.7 Å². The largest absolute Gasteiger partial charge is 0.397 e. The summed E-state index contributed by atoms with van der Waals surface area (Å²) < 4.78 is 0.947. The zero-order valence-corrected chi connectivity index (χ0v) is 9.35. The van der Waals surface area contributed by atoms with Crippen LogP contribution in [0.2, 0.25) is 0 Å². The maximum absolute atomic E-state index is 5.80. The average molecular weight is 295 g/mol. The molecule has 0 aromatic heterocycles. The SMILES string of the molecule is C=CS1=C(N)C(N)=CC(I)=C1N. The van der Waals surface area contributed by atoms with Crippen LogP contribution in [-0.4, -0.2) is 4.99 Å². The Kier molecular flexibility index (Phi) is 2.97. The van der Waals surface area contributed by atoms with E-state index in [1.165, 1.54) is 0 Å². The van der Waals surface area contributed by atoms with Gasteiger partial charge in [0.05, 0.1) is 15.7 Å². The molecule has 0 aromatic carbocycles. The molecule has 0 amide bonds. The van der Waals surface area contributed by atoms with Gasteiger partial charge in [-0.25, -0.2) is 0 Å². The molecular formula is C7H10IN3S. The molecule has 0 saturated carbocycles. The van der Waals surface area contributed by atoms with Crippen molar-refractivity contribution < 1.29 is 0 Å². The summed E-state index contributed by atoms with van der Waals surface area (Å²) in [6.45, 7) is 3.67. The zero-order chi connectivity index (χ0) is 9.30. The second-order valence-corrected chi connectivity index (χ2v) is 5.23. The molecule has 1 unspecified atom stereocenters. The number of halogens is 1. The highest BCUT2D eigenvalue weighted by atomic mass is 127. The van der Waals surface area contributed by atoms with Crippen molar-refractivity contribution in [3.05, 3.63) is 32.4 Å². The maximum Gasteiger partial charge on any atom is 0.0791 e. The average Bonchev–Trinajstić information content (AvgIpc) is 2.02. The van der Waals surface area contributed by atoms with Crippen molar-refractivity contribution in [2.45, 2.75) is 0 Å². The van der Waals surface area contributed by atoms with E-state index in [4.69, 9.17) is 17.2 Å². The molecule has 0 spiro atoms. The molecule has 1 heterocycles. The molecule has 0 saturated heterocycles. The van der Waals surface area contributed by atoms with E-state index in [-0.39, 0.29) is 10.5 Å². The third-order valence-electron chi connectivity index (χ3n) is 1.44. The lowest BCUT2D eigenvalue weighted by atomic mass is 10.4. The van der Waals surface area contributed by atoms with Gasteiger partial charge in [0.2, 0.25) is 0 Å². The summed E-state index contributed by atoms with van der Waals surface area (Å²) in [6, 6.07) is 0. The van der Waals surface area contributed by atoms with Crippen molar-refractivity contribution in [2.24, 2.45) is 17.2 Å². The summed E-state index contributed by atoms with van der Waals surface area (Å²) in [7, 11) is -0.386. The van der Waals surface area contributed by atoms with Gasteiger partial charge < -0.3 is 11.5 Å². The van der Waals surface area contributed by atoms with Gasteiger partial charge in [0, 0.05) is 3.58 Å². The Morgan fingerprint density at radius 1 is 1.42 bits per heavy atom. The summed E-state index contributed by atoms with van der Waals surface area (Å²) in [5, 5.41) is 2.47. The van der Waals surface area contributed by atoms with Crippen molar-refractivity contribution in [1.29, 1.82) is 0 Å². The maximum atomic E-state index is 5.80. The Bertz CT molecular complexity index is 328. The van der Waals surface area contributed by atoms with Gasteiger partial charge in [-0.05, 0) is 34.1 Å². The van der Waals surface area contributed by atoms with Gasteiger partial charge in [-0.3, -0.25) is 5.73 Å². The van der Waals surface area contributed by atoms with Gasteiger partial charge in [-0.2, -0.15) is 0 Å². The molecule has 6 N–H and O–H groups in total. The Labute approximate surface area is 87.4 Å². The van der Waals surface area contributed by atoms with Gasteiger partial charge in [-0.15, -0.1) is 0 Å². The normalized spacial score (nSPS) is 24.0. The van der Waals surface area contributed by atoms with Gasteiger partial charge >= 0.3 is 0 Å². The van der Waals surface area contributed by atoms with Crippen LogP contribution in [0.1, 0.15) is 0 Å². The Morgan fingerprint density at radius 3 is 2.50 bits per heavy atom. The second-order valence-electron chi connectivity index (χ2n) is 2.18. The first kappa shape index (κ1) is 9.82. The van der Waals surface area contributed by atoms with Crippen molar-refractivity contribution in [2.75, 3.05) is 0 Å². The molecule has 12 heavy (non-hydrogen) atoms. The number of hydrogen-bond donors (Lipinski definition) is 3. The monoisotopic (exact) mass is 295 g/mol. The van der Waals surface area contributed by atoms with Gasteiger partial charge in [0.15, 0.2) is 0 Å². The number of allylic oxidation sites excluding steroid dienone is 2. The Morgan fingerprint density at radius 2 is 2.00 bits per heavy atom. The van der Waals surface area contributed by atoms with E-state index in [0.717, 1.165) is 8.61 Å². The highest BCUT2D eigenvalue weighted by molar-refractivity contribution is 14.1. The summed E-state index contributed by atoms with van der Waals surface area (Å²) in [4.78, 5) is 0.614. The predicted octanol–water partition coefficient (Wildman–Crippen LogP) is 0.906. The van der Waals surface area contributed by atoms with Crippen LogP contribution in [0.15, 0.2) is 32.4 Å². The molecule has 3 nitrogen and oxygen atoms in total. The fraction of sp³-hybridized carbons (Fsp3) is 0. The molecule has 1 rings (SSSR count). The summed E-state index contributed by atoms with van der Waals surface area (Å²) >= 11 is 2.14. The summed E-state index contributed by atoms with van der Waals surface area (Å²) in [5.41, 5.74) is 17.8. The van der Waals surface area contributed by atoms with E-state index in [1.807, 2.05) is 0 Å². The van der Waals surface area contributed by atoms with Crippen LogP contribution < -0.4 is 17.2 Å². The van der Waals surface area contributed by atoms with Crippen molar-refractivity contribution in [3.63, 3.8) is 0 Å². The van der Waals surface area contributed by atoms with Gasteiger partial charge in [0.25, 0.3) is 0 Å². The number of hydrogen-bond acceptors (Lipinski definition) is 3. The van der Waals surface area contributed by atoms with Crippen LogP contribution in [0.4, 0.5) is 0 Å².